The number of nitrogens with zero attached hydrogens (tertiary/aromatic N) is 3. The maximum Gasteiger partial charge on any atom is 0.263 e. The summed E-state index contributed by atoms with van der Waals surface area (Å²) in [6.45, 7) is 4.09. The highest BCUT2D eigenvalue weighted by atomic mass is 16.5. The van der Waals surface area contributed by atoms with Crippen LogP contribution in [0.1, 0.15) is 13.8 Å². The minimum Gasteiger partial charge on any atom is -0.496 e. The van der Waals surface area contributed by atoms with Gasteiger partial charge in [-0.1, -0.05) is 17.3 Å². The fourth-order valence-corrected chi connectivity index (χ4v) is 2.19. The Bertz CT molecular complexity index is 767. The van der Waals surface area contributed by atoms with Gasteiger partial charge in [-0.2, -0.15) is 4.98 Å². The number of anilines is 1. The molecular formula is C15H16N4O2. The van der Waals surface area contributed by atoms with Crippen LogP contribution in [-0.2, 0) is 0 Å². The Morgan fingerprint density at radius 2 is 2.00 bits per heavy atom. The molecule has 3 rings (SSSR count). The molecule has 3 aromatic rings. The van der Waals surface area contributed by atoms with Gasteiger partial charge in [-0.25, -0.2) is 4.98 Å². The molecule has 0 saturated carbocycles. The molecule has 0 radical (unpaired) electrons. The number of fused-ring (bicyclic) bond motifs is 1. The second kappa shape index (κ2) is 5.40. The van der Waals surface area contributed by atoms with E-state index in [9.17, 15) is 0 Å². The summed E-state index contributed by atoms with van der Waals surface area (Å²) >= 11 is 0. The van der Waals surface area contributed by atoms with Crippen LogP contribution in [0.3, 0.4) is 0 Å². The normalized spacial score (nSPS) is 11.0. The predicted molar refractivity (Wildman–Crippen MR) is 80.3 cm³/mol. The van der Waals surface area contributed by atoms with Crippen molar-refractivity contribution in [1.29, 1.82) is 0 Å². The Morgan fingerprint density at radius 1 is 1.19 bits per heavy atom. The van der Waals surface area contributed by atoms with Crippen molar-refractivity contribution >= 4 is 16.9 Å². The van der Waals surface area contributed by atoms with Crippen molar-refractivity contribution in [2.75, 3.05) is 12.4 Å². The Kier molecular flexibility index (Phi) is 3.43. The van der Waals surface area contributed by atoms with Crippen molar-refractivity contribution < 1.29 is 9.26 Å². The third kappa shape index (κ3) is 2.40. The maximum atomic E-state index is 5.40. The molecule has 0 amide bonds. The largest absolute Gasteiger partial charge is 0.496 e. The molecule has 1 N–H and O–H groups in total. The van der Waals surface area contributed by atoms with Crippen LogP contribution in [0.2, 0.25) is 0 Å². The average Bonchev–Trinajstić information content (AvgIpc) is 2.91. The molecule has 108 valence electrons. The van der Waals surface area contributed by atoms with Crippen LogP contribution >= 0.6 is 0 Å². The van der Waals surface area contributed by atoms with E-state index >= 15 is 0 Å². The summed E-state index contributed by atoms with van der Waals surface area (Å²) in [5.41, 5.74) is 1.97. The van der Waals surface area contributed by atoms with Crippen LogP contribution in [0.15, 0.2) is 35.1 Å². The van der Waals surface area contributed by atoms with Gasteiger partial charge < -0.3 is 14.6 Å². The lowest BCUT2D eigenvalue weighted by atomic mass is 10.1. The number of rotatable bonds is 4. The Morgan fingerprint density at radius 3 is 2.76 bits per heavy atom. The molecule has 2 aromatic heterocycles. The van der Waals surface area contributed by atoms with Gasteiger partial charge in [0, 0.05) is 11.6 Å². The number of hydrogen-bond acceptors (Lipinski definition) is 6. The van der Waals surface area contributed by atoms with Gasteiger partial charge in [0.15, 0.2) is 0 Å². The summed E-state index contributed by atoms with van der Waals surface area (Å²) in [6.07, 6.45) is 1.46. The van der Waals surface area contributed by atoms with Crippen molar-refractivity contribution in [3.05, 3.63) is 30.6 Å². The van der Waals surface area contributed by atoms with Gasteiger partial charge in [0.05, 0.1) is 7.11 Å². The third-order valence-corrected chi connectivity index (χ3v) is 3.06. The first-order valence-electron chi connectivity index (χ1n) is 6.71. The van der Waals surface area contributed by atoms with Gasteiger partial charge in [0.1, 0.15) is 29.0 Å². The zero-order valence-corrected chi connectivity index (χ0v) is 12.1. The molecule has 0 atom stereocenters. The molecule has 0 saturated heterocycles. The van der Waals surface area contributed by atoms with E-state index in [1.807, 2.05) is 38.1 Å². The Hall–Kier alpha value is -2.63. The lowest BCUT2D eigenvalue weighted by Gasteiger charge is -2.10. The van der Waals surface area contributed by atoms with E-state index in [-0.39, 0.29) is 6.04 Å². The van der Waals surface area contributed by atoms with Crippen LogP contribution in [-0.4, -0.2) is 28.3 Å². The predicted octanol–water partition coefficient (Wildman–Crippen LogP) is 3.11. The molecule has 1 aromatic carbocycles. The van der Waals surface area contributed by atoms with Crippen molar-refractivity contribution in [3.8, 4) is 17.0 Å². The number of benzene rings is 1. The SMILES string of the molecule is COc1ccccc1-c1noc2ncnc(NC(C)C)c12. The minimum absolute atomic E-state index is 0.239. The second-order valence-corrected chi connectivity index (χ2v) is 4.93. The zero-order chi connectivity index (χ0) is 14.8. The summed E-state index contributed by atoms with van der Waals surface area (Å²) in [5, 5.41) is 8.19. The highest BCUT2D eigenvalue weighted by molar-refractivity contribution is 5.98. The molecular weight excluding hydrogens is 268 g/mol. The van der Waals surface area contributed by atoms with Gasteiger partial charge in [0.2, 0.25) is 0 Å². The number of methoxy groups -OCH3 is 1. The highest BCUT2D eigenvalue weighted by Gasteiger charge is 2.19. The van der Waals surface area contributed by atoms with E-state index in [0.717, 1.165) is 16.7 Å². The number of para-hydroxylation sites is 1. The molecule has 0 aliphatic carbocycles. The summed E-state index contributed by atoms with van der Waals surface area (Å²) < 4.78 is 10.7. The van der Waals surface area contributed by atoms with E-state index in [4.69, 9.17) is 9.26 Å². The van der Waals surface area contributed by atoms with Crippen LogP contribution < -0.4 is 10.1 Å². The summed E-state index contributed by atoms with van der Waals surface area (Å²) in [5.74, 6) is 1.43. The van der Waals surface area contributed by atoms with E-state index in [1.54, 1.807) is 7.11 Å². The zero-order valence-electron chi connectivity index (χ0n) is 12.1. The van der Waals surface area contributed by atoms with Gasteiger partial charge in [-0.15, -0.1) is 0 Å². The molecule has 0 aliphatic heterocycles. The van der Waals surface area contributed by atoms with Crippen LogP contribution in [0, 0.1) is 0 Å². The smallest absolute Gasteiger partial charge is 0.263 e. The number of nitrogens with one attached hydrogen (secondary N) is 1. The molecule has 2 heterocycles. The molecule has 0 bridgehead atoms. The molecule has 0 spiro atoms. The van der Waals surface area contributed by atoms with E-state index in [2.05, 4.69) is 20.4 Å². The molecule has 0 unspecified atom stereocenters. The summed E-state index contributed by atoms with van der Waals surface area (Å²) in [7, 11) is 1.63. The molecule has 0 fully saturated rings. The molecule has 6 heteroatoms. The number of ether oxygens (including phenoxy) is 1. The van der Waals surface area contributed by atoms with Crippen molar-refractivity contribution in [2.45, 2.75) is 19.9 Å². The fraction of sp³-hybridized carbons (Fsp3) is 0.267. The summed E-state index contributed by atoms with van der Waals surface area (Å²) in [6, 6.07) is 7.90. The highest BCUT2D eigenvalue weighted by Crippen LogP contribution is 2.36. The first kappa shape index (κ1) is 13.4. The van der Waals surface area contributed by atoms with Gasteiger partial charge in [-0.3, -0.25) is 0 Å². The van der Waals surface area contributed by atoms with Crippen LogP contribution in [0.5, 0.6) is 5.75 Å². The second-order valence-electron chi connectivity index (χ2n) is 4.93. The molecule has 21 heavy (non-hydrogen) atoms. The average molecular weight is 284 g/mol. The number of hydrogen-bond donors (Lipinski definition) is 1. The Balaban J connectivity index is 2.23. The molecule has 6 nitrogen and oxygen atoms in total. The van der Waals surface area contributed by atoms with E-state index < -0.39 is 0 Å². The fourth-order valence-electron chi connectivity index (χ4n) is 2.19. The van der Waals surface area contributed by atoms with Gasteiger partial charge in [-0.05, 0) is 26.0 Å². The van der Waals surface area contributed by atoms with E-state index in [1.165, 1.54) is 6.33 Å². The van der Waals surface area contributed by atoms with Crippen LogP contribution in [0.25, 0.3) is 22.4 Å². The maximum absolute atomic E-state index is 5.40. The first-order chi connectivity index (χ1) is 10.2. The summed E-state index contributed by atoms with van der Waals surface area (Å²) in [4.78, 5) is 8.43. The first-order valence-corrected chi connectivity index (χ1v) is 6.71. The minimum atomic E-state index is 0.239. The van der Waals surface area contributed by atoms with E-state index in [0.29, 0.717) is 17.2 Å². The van der Waals surface area contributed by atoms with Crippen LogP contribution in [0.4, 0.5) is 5.82 Å². The monoisotopic (exact) mass is 284 g/mol. The lowest BCUT2D eigenvalue weighted by molar-refractivity contribution is 0.414. The van der Waals surface area contributed by atoms with Crippen molar-refractivity contribution in [2.24, 2.45) is 0 Å². The van der Waals surface area contributed by atoms with Gasteiger partial charge >= 0.3 is 0 Å². The molecule has 0 aliphatic rings. The topological polar surface area (TPSA) is 73.1 Å². The van der Waals surface area contributed by atoms with Crippen molar-refractivity contribution in [3.63, 3.8) is 0 Å². The van der Waals surface area contributed by atoms with Gasteiger partial charge in [0.25, 0.3) is 5.71 Å². The number of aromatic nitrogens is 3. The third-order valence-electron chi connectivity index (χ3n) is 3.06. The quantitative estimate of drug-likeness (QED) is 0.793. The lowest BCUT2D eigenvalue weighted by Crippen LogP contribution is -2.11. The van der Waals surface area contributed by atoms with Crippen molar-refractivity contribution in [1.82, 2.24) is 15.1 Å². The standard InChI is InChI=1S/C15H16N4O2/c1-9(2)18-14-12-13(19-21-15(12)17-8-16-14)10-6-4-5-7-11(10)20-3/h4-9H,1-3H3,(H,16,17,18). The Labute approximate surface area is 122 Å².